The molecular weight excluding hydrogens is 254 g/mol. The van der Waals surface area contributed by atoms with E-state index in [0.717, 1.165) is 18.5 Å². The summed E-state index contributed by atoms with van der Waals surface area (Å²) in [6.07, 6.45) is 0.845. The van der Waals surface area contributed by atoms with Gasteiger partial charge in [-0.25, -0.2) is 0 Å². The van der Waals surface area contributed by atoms with Gasteiger partial charge in [-0.1, -0.05) is 19.9 Å². The van der Waals surface area contributed by atoms with Crippen LogP contribution in [0, 0.1) is 5.92 Å². The highest BCUT2D eigenvalue weighted by Gasteiger charge is 2.23. The zero-order valence-corrected chi connectivity index (χ0v) is 12.1. The third-order valence-electron chi connectivity index (χ3n) is 3.69. The fourth-order valence-corrected chi connectivity index (χ4v) is 2.19. The number of nitrogens with two attached hydrogens (primary N) is 1. The monoisotopic (exact) mass is 275 g/mol. The minimum Gasteiger partial charge on any atom is -0.341 e. The lowest BCUT2D eigenvalue weighted by molar-refractivity contribution is -0.118. The SMILES string of the molecule is CC(C)[C@H](N)C(=O)Nc1ccc2c(c1)C(=O)N(C)CC2. The van der Waals surface area contributed by atoms with Crippen LogP contribution in [0.2, 0.25) is 0 Å². The number of hydrogen-bond acceptors (Lipinski definition) is 3. The molecule has 0 fully saturated rings. The Hall–Kier alpha value is -1.88. The molecule has 108 valence electrons. The van der Waals surface area contributed by atoms with Crippen LogP contribution in [-0.4, -0.2) is 36.3 Å². The number of carbonyl (C=O) groups is 2. The Labute approximate surface area is 119 Å². The van der Waals surface area contributed by atoms with Crippen molar-refractivity contribution in [3.63, 3.8) is 0 Å². The molecule has 2 amide bonds. The lowest BCUT2D eigenvalue weighted by atomic mass is 9.98. The second-order valence-corrected chi connectivity index (χ2v) is 5.61. The summed E-state index contributed by atoms with van der Waals surface area (Å²) in [7, 11) is 1.78. The summed E-state index contributed by atoms with van der Waals surface area (Å²) in [5.74, 6) is -0.160. The van der Waals surface area contributed by atoms with Gasteiger partial charge in [-0.05, 0) is 30.0 Å². The smallest absolute Gasteiger partial charge is 0.253 e. The van der Waals surface area contributed by atoms with Crippen molar-refractivity contribution >= 4 is 17.5 Å². The molecule has 5 nitrogen and oxygen atoms in total. The summed E-state index contributed by atoms with van der Waals surface area (Å²) in [4.78, 5) is 25.7. The molecule has 0 radical (unpaired) electrons. The van der Waals surface area contributed by atoms with E-state index in [2.05, 4.69) is 5.32 Å². The van der Waals surface area contributed by atoms with Gasteiger partial charge >= 0.3 is 0 Å². The average Bonchev–Trinajstić information content (AvgIpc) is 2.42. The van der Waals surface area contributed by atoms with Gasteiger partial charge in [0.2, 0.25) is 5.91 Å². The predicted octanol–water partition coefficient (Wildman–Crippen LogP) is 1.24. The van der Waals surface area contributed by atoms with E-state index < -0.39 is 6.04 Å². The number of hydrogen-bond donors (Lipinski definition) is 2. The van der Waals surface area contributed by atoms with Crippen LogP contribution in [0.25, 0.3) is 0 Å². The van der Waals surface area contributed by atoms with Gasteiger partial charge in [0.25, 0.3) is 5.91 Å². The minimum absolute atomic E-state index is 0.00416. The summed E-state index contributed by atoms with van der Waals surface area (Å²) in [6.45, 7) is 4.53. The van der Waals surface area contributed by atoms with Gasteiger partial charge in [-0.3, -0.25) is 9.59 Å². The topological polar surface area (TPSA) is 75.4 Å². The van der Waals surface area contributed by atoms with E-state index in [4.69, 9.17) is 5.73 Å². The van der Waals surface area contributed by atoms with Crippen molar-refractivity contribution in [1.82, 2.24) is 4.90 Å². The zero-order chi connectivity index (χ0) is 14.9. The van der Waals surface area contributed by atoms with Crippen LogP contribution < -0.4 is 11.1 Å². The number of likely N-dealkylation sites (N-methyl/N-ethyl adjacent to an activating group) is 1. The molecule has 1 aliphatic heterocycles. The molecule has 0 aromatic heterocycles. The summed E-state index contributed by atoms with van der Waals surface area (Å²) < 4.78 is 0. The molecule has 0 spiro atoms. The molecule has 1 atom stereocenters. The number of amides is 2. The molecular formula is C15H21N3O2. The molecule has 3 N–H and O–H groups in total. The van der Waals surface area contributed by atoms with Crippen molar-refractivity contribution < 1.29 is 9.59 Å². The fraction of sp³-hybridized carbons (Fsp3) is 0.467. The Morgan fingerprint density at radius 3 is 2.75 bits per heavy atom. The second kappa shape index (κ2) is 5.63. The maximum atomic E-state index is 12.1. The minimum atomic E-state index is -0.551. The maximum Gasteiger partial charge on any atom is 0.253 e. The van der Waals surface area contributed by atoms with Crippen LogP contribution in [0.1, 0.15) is 29.8 Å². The number of fused-ring (bicyclic) bond motifs is 1. The molecule has 0 unspecified atom stereocenters. The molecule has 0 aliphatic carbocycles. The van der Waals surface area contributed by atoms with Crippen LogP contribution in [0.3, 0.4) is 0 Å². The number of carbonyl (C=O) groups excluding carboxylic acids is 2. The quantitative estimate of drug-likeness (QED) is 0.871. The molecule has 1 aromatic rings. The Bertz CT molecular complexity index is 540. The van der Waals surface area contributed by atoms with Crippen molar-refractivity contribution in [3.05, 3.63) is 29.3 Å². The molecule has 0 saturated heterocycles. The number of rotatable bonds is 3. The van der Waals surface area contributed by atoms with Gasteiger partial charge in [0.1, 0.15) is 0 Å². The van der Waals surface area contributed by atoms with E-state index in [1.165, 1.54) is 0 Å². The van der Waals surface area contributed by atoms with Gasteiger partial charge in [-0.2, -0.15) is 0 Å². The molecule has 1 heterocycles. The third kappa shape index (κ3) is 2.82. The standard InChI is InChI=1S/C15H21N3O2/c1-9(2)13(16)14(19)17-11-5-4-10-6-7-18(3)15(20)12(10)8-11/h4-5,8-9,13H,6-7,16H2,1-3H3,(H,17,19)/t13-/m0/s1. The Balaban J connectivity index is 2.19. The molecule has 0 saturated carbocycles. The Kier molecular flexibility index (Phi) is 4.09. The Morgan fingerprint density at radius 1 is 1.40 bits per heavy atom. The van der Waals surface area contributed by atoms with Crippen molar-refractivity contribution in [1.29, 1.82) is 0 Å². The van der Waals surface area contributed by atoms with Gasteiger partial charge in [0.05, 0.1) is 6.04 Å². The summed E-state index contributed by atoms with van der Waals surface area (Å²) in [5, 5.41) is 2.77. The number of nitrogens with zero attached hydrogens (tertiary/aromatic N) is 1. The fourth-order valence-electron chi connectivity index (χ4n) is 2.19. The van der Waals surface area contributed by atoms with Gasteiger partial charge in [0, 0.05) is 24.8 Å². The van der Waals surface area contributed by atoms with Gasteiger partial charge in [-0.15, -0.1) is 0 Å². The van der Waals surface area contributed by atoms with E-state index >= 15 is 0 Å². The summed E-state index contributed by atoms with van der Waals surface area (Å²) in [6, 6.07) is 4.90. The normalized spacial score (nSPS) is 16.1. The van der Waals surface area contributed by atoms with Crippen molar-refractivity contribution in [2.24, 2.45) is 11.7 Å². The van der Waals surface area contributed by atoms with Gasteiger partial charge < -0.3 is 16.0 Å². The first-order chi connectivity index (χ1) is 9.40. The molecule has 1 aliphatic rings. The maximum absolute atomic E-state index is 12.1. The molecule has 2 rings (SSSR count). The largest absolute Gasteiger partial charge is 0.341 e. The summed E-state index contributed by atoms with van der Waals surface area (Å²) in [5.41, 5.74) is 8.12. The first-order valence-corrected chi connectivity index (χ1v) is 6.85. The third-order valence-corrected chi connectivity index (χ3v) is 3.69. The average molecular weight is 275 g/mol. The lowest BCUT2D eigenvalue weighted by Gasteiger charge is -2.25. The number of anilines is 1. The second-order valence-electron chi connectivity index (χ2n) is 5.61. The predicted molar refractivity (Wildman–Crippen MR) is 78.5 cm³/mol. The molecule has 0 bridgehead atoms. The highest BCUT2D eigenvalue weighted by molar-refractivity contribution is 6.00. The first kappa shape index (κ1) is 14.5. The van der Waals surface area contributed by atoms with E-state index in [-0.39, 0.29) is 17.7 Å². The van der Waals surface area contributed by atoms with E-state index in [1.54, 1.807) is 18.0 Å². The van der Waals surface area contributed by atoms with Crippen LogP contribution in [0.4, 0.5) is 5.69 Å². The van der Waals surface area contributed by atoms with Crippen molar-refractivity contribution in [2.45, 2.75) is 26.3 Å². The molecule has 20 heavy (non-hydrogen) atoms. The highest BCUT2D eigenvalue weighted by atomic mass is 16.2. The number of benzene rings is 1. The number of nitrogens with one attached hydrogen (secondary N) is 1. The van der Waals surface area contributed by atoms with Crippen LogP contribution in [-0.2, 0) is 11.2 Å². The first-order valence-electron chi connectivity index (χ1n) is 6.85. The van der Waals surface area contributed by atoms with E-state index in [9.17, 15) is 9.59 Å². The summed E-state index contributed by atoms with van der Waals surface area (Å²) >= 11 is 0. The highest BCUT2D eigenvalue weighted by Crippen LogP contribution is 2.22. The van der Waals surface area contributed by atoms with Gasteiger partial charge in [0.15, 0.2) is 0 Å². The van der Waals surface area contributed by atoms with Crippen LogP contribution >= 0.6 is 0 Å². The lowest BCUT2D eigenvalue weighted by Crippen LogP contribution is -2.40. The zero-order valence-electron chi connectivity index (χ0n) is 12.1. The van der Waals surface area contributed by atoms with Crippen LogP contribution in [0.5, 0.6) is 0 Å². The van der Waals surface area contributed by atoms with Crippen molar-refractivity contribution in [3.8, 4) is 0 Å². The molecule has 1 aromatic carbocycles. The van der Waals surface area contributed by atoms with Crippen molar-refractivity contribution in [2.75, 3.05) is 18.9 Å². The van der Waals surface area contributed by atoms with Crippen LogP contribution in [0.15, 0.2) is 18.2 Å². The Morgan fingerprint density at radius 2 is 2.10 bits per heavy atom. The molecule has 5 heteroatoms. The van der Waals surface area contributed by atoms with E-state index in [0.29, 0.717) is 11.3 Å². The van der Waals surface area contributed by atoms with E-state index in [1.807, 2.05) is 26.0 Å².